The van der Waals surface area contributed by atoms with E-state index in [4.69, 9.17) is 5.73 Å². The second-order valence-corrected chi connectivity index (χ2v) is 7.36. The van der Waals surface area contributed by atoms with Crippen LogP contribution in [0.2, 0.25) is 0 Å². The van der Waals surface area contributed by atoms with E-state index in [2.05, 4.69) is 13.8 Å². The molecule has 2 unspecified atom stereocenters. The first-order valence-electron chi connectivity index (χ1n) is 5.85. The van der Waals surface area contributed by atoms with Crippen LogP contribution in [0.1, 0.15) is 33.1 Å². The summed E-state index contributed by atoms with van der Waals surface area (Å²) in [5.74, 6) is 2.14. The zero-order valence-electron chi connectivity index (χ0n) is 9.78. The molecule has 1 aliphatic heterocycles. The van der Waals surface area contributed by atoms with Gasteiger partial charge in [-0.15, -0.1) is 0 Å². The Bertz CT molecular complexity index is 285. The molecule has 0 saturated carbocycles. The monoisotopic (exact) mass is 233 g/mol. The van der Waals surface area contributed by atoms with E-state index in [9.17, 15) is 8.42 Å². The van der Waals surface area contributed by atoms with E-state index in [1.54, 1.807) is 0 Å². The van der Waals surface area contributed by atoms with Crippen LogP contribution in [0.5, 0.6) is 0 Å². The Hall–Kier alpha value is -0.0900. The molecule has 1 saturated heterocycles. The van der Waals surface area contributed by atoms with Crippen LogP contribution in [0, 0.1) is 17.8 Å². The van der Waals surface area contributed by atoms with E-state index in [1.807, 2.05) is 0 Å². The maximum atomic E-state index is 11.4. The zero-order valence-corrected chi connectivity index (χ0v) is 10.6. The molecule has 0 aromatic rings. The van der Waals surface area contributed by atoms with Crippen molar-refractivity contribution in [2.45, 2.75) is 33.1 Å². The van der Waals surface area contributed by atoms with Gasteiger partial charge in [-0.1, -0.05) is 20.3 Å². The molecule has 3 nitrogen and oxygen atoms in total. The van der Waals surface area contributed by atoms with Crippen LogP contribution >= 0.6 is 0 Å². The van der Waals surface area contributed by atoms with Gasteiger partial charge in [0.05, 0.1) is 11.5 Å². The number of rotatable bonds is 5. The molecule has 1 rings (SSSR count). The normalized spacial score (nSPS) is 27.1. The van der Waals surface area contributed by atoms with Crippen LogP contribution in [-0.2, 0) is 9.84 Å². The van der Waals surface area contributed by atoms with Crippen molar-refractivity contribution in [1.29, 1.82) is 0 Å². The summed E-state index contributed by atoms with van der Waals surface area (Å²) in [6, 6.07) is 0. The summed E-state index contributed by atoms with van der Waals surface area (Å²) >= 11 is 0. The highest BCUT2D eigenvalue weighted by Gasteiger charge is 2.32. The minimum Gasteiger partial charge on any atom is -0.330 e. The largest absolute Gasteiger partial charge is 0.330 e. The SMILES string of the molecule is CC(C)CCC(CN)C1CCS(=O)(=O)C1. The molecule has 1 heterocycles. The van der Waals surface area contributed by atoms with Gasteiger partial charge in [0.2, 0.25) is 0 Å². The van der Waals surface area contributed by atoms with Crippen molar-refractivity contribution < 1.29 is 8.42 Å². The molecule has 0 aromatic heterocycles. The fourth-order valence-electron chi connectivity index (χ4n) is 2.29. The third-order valence-corrected chi connectivity index (χ3v) is 5.15. The molecule has 2 atom stereocenters. The summed E-state index contributed by atoms with van der Waals surface area (Å²) in [6.45, 7) is 5.02. The molecule has 90 valence electrons. The lowest BCUT2D eigenvalue weighted by atomic mass is 9.86. The van der Waals surface area contributed by atoms with E-state index < -0.39 is 9.84 Å². The molecule has 1 fully saturated rings. The summed E-state index contributed by atoms with van der Waals surface area (Å²) in [4.78, 5) is 0. The van der Waals surface area contributed by atoms with Crippen molar-refractivity contribution in [3.8, 4) is 0 Å². The fourth-order valence-corrected chi connectivity index (χ4v) is 4.21. The minimum absolute atomic E-state index is 0.318. The first-order chi connectivity index (χ1) is 6.94. The second kappa shape index (κ2) is 5.30. The standard InChI is InChI=1S/C11H23NO2S/c1-9(2)3-4-10(7-12)11-5-6-15(13,14)8-11/h9-11H,3-8,12H2,1-2H3. The van der Waals surface area contributed by atoms with Gasteiger partial charge in [0, 0.05) is 0 Å². The molecule has 0 aromatic carbocycles. The molecule has 0 amide bonds. The Morgan fingerprint density at radius 2 is 2.00 bits per heavy atom. The predicted octanol–water partition coefficient (Wildman–Crippen LogP) is 1.43. The number of hydrogen-bond donors (Lipinski definition) is 1. The second-order valence-electron chi connectivity index (χ2n) is 5.13. The van der Waals surface area contributed by atoms with Gasteiger partial charge in [-0.3, -0.25) is 0 Å². The lowest BCUT2D eigenvalue weighted by molar-refractivity contribution is 0.325. The summed E-state index contributed by atoms with van der Waals surface area (Å²) in [6.07, 6.45) is 3.05. The van der Waals surface area contributed by atoms with E-state index in [0.717, 1.165) is 19.3 Å². The number of hydrogen-bond acceptors (Lipinski definition) is 3. The summed E-state index contributed by atoms with van der Waals surface area (Å²) in [5.41, 5.74) is 5.73. The average Bonchev–Trinajstić information content (AvgIpc) is 2.47. The molecule has 0 spiro atoms. The van der Waals surface area contributed by atoms with E-state index >= 15 is 0 Å². The summed E-state index contributed by atoms with van der Waals surface area (Å²) in [5, 5.41) is 0. The average molecular weight is 233 g/mol. The third kappa shape index (κ3) is 4.11. The maximum Gasteiger partial charge on any atom is 0.150 e. The van der Waals surface area contributed by atoms with Gasteiger partial charge in [-0.25, -0.2) is 8.42 Å². The Balaban J connectivity index is 2.46. The Morgan fingerprint density at radius 1 is 1.33 bits per heavy atom. The fraction of sp³-hybridized carbons (Fsp3) is 1.00. The molecule has 0 bridgehead atoms. The van der Waals surface area contributed by atoms with Crippen LogP contribution in [0.15, 0.2) is 0 Å². The lowest BCUT2D eigenvalue weighted by Gasteiger charge is -2.21. The third-order valence-electron chi connectivity index (χ3n) is 3.35. The topological polar surface area (TPSA) is 60.2 Å². The van der Waals surface area contributed by atoms with Crippen LogP contribution in [0.3, 0.4) is 0 Å². The first-order valence-corrected chi connectivity index (χ1v) is 7.67. The van der Waals surface area contributed by atoms with Gasteiger partial charge in [0.25, 0.3) is 0 Å². The molecule has 15 heavy (non-hydrogen) atoms. The van der Waals surface area contributed by atoms with Gasteiger partial charge in [0.15, 0.2) is 9.84 Å². The van der Waals surface area contributed by atoms with Crippen LogP contribution in [0.4, 0.5) is 0 Å². The van der Waals surface area contributed by atoms with Crippen molar-refractivity contribution in [2.75, 3.05) is 18.1 Å². The summed E-state index contributed by atoms with van der Waals surface area (Å²) in [7, 11) is -2.74. The van der Waals surface area contributed by atoms with Crippen molar-refractivity contribution in [3.05, 3.63) is 0 Å². The molecule has 4 heteroatoms. The van der Waals surface area contributed by atoms with E-state index in [1.165, 1.54) is 0 Å². The van der Waals surface area contributed by atoms with Crippen molar-refractivity contribution in [3.63, 3.8) is 0 Å². The molecule has 0 radical (unpaired) electrons. The quantitative estimate of drug-likeness (QED) is 0.781. The van der Waals surface area contributed by atoms with Crippen LogP contribution in [-0.4, -0.2) is 26.5 Å². The molecule has 1 aliphatic rings. The molecule has 2 N–H and O–H groups in total. The van der Waals surface area contributed by atoms with Crippen molar-refractivity contribution in [1.82, 2.24) is 0 Å². The zero-order chi connectivity index (χ0) is 11.5. The van der Waals surface area contributed by atoms with Crippen LogP contribution in [0.25, 0.3) is 0 Å². The first kappa shape index (κ1) is 13.0. The van der Waals surface area contributed by atoms with Crippen LogP contribution < -0.4 is 5.73 Å². The van der Waals surface area contributed by atoms with Crippen molar-refractivity contribution >= 4 is 9.84 Å². The highest BCUT2D eigenvalue weighted by molar-refractivity contribution is 7.91. The van der Waals surface area contributed by atoms with E-state index in [-0.39, 0.29) is 0 Å². The van der Waals surface area contributed by atoms with Gasteiger partial charge in [-0.2, -0.15) is 0 Å². The highest BCUT2D eigenvalue weighted by atomic mass is 32.2. The van der Waals surface area contributed by atoms with E-state index in [0.29, 0.717) is 35.8 Å². The molecular formula is C11H23NO2S. The Morgan fingerprint density at radius 3 is 2.40 bits per heavy atom. The molecular weight excluding hydrogens is 210 g/mol. The number of nitrogens with two attached hydrogens (primary N) is 1. The van der Waals surface area contributed by atoms with Gasteiger partial charge < -0.3 is 5.73 Å². The maximum absolute atomic E-state index is 11.4. The predicted molar refractivity (Wildman–Crippen MR) is 63.4 cm³/mol. The Labute approximate surface area is 93.3 Å². The smallest absolute Gasteiger partial charge is 0.150 e. The Kier molecular flexibility index (Phi) is 4.59. The number of sulfone groups is 1. The molecule has 0 aliphatic carbocycles. The minimum atomic E-state index is -2.74. The van der Waals surface area contributed by atoms with Gasteiger partial charge >= 0.3 is 0 Å². The summed E-state index contributed by atoms with van der Waals surface area (Å²) < 4.78 is 22.7. The lowest BCUT2D eigenvalue weighted by Crippen LogP contribution is -2.25. The van der Waals surface area contributed by atoms with Crippen molar-refractivity contribution in [2.24, 2.45) is 23.5 Å². The highest BCUT2D eigenvalue weighted by Crippen LogP contribution is 2.29. The van der Waals surface area contributed by atoms with Gasteiger partial charge in [-0.05, 0) is 37.1 Å². The van der Waals surface area contributed by atoms with Gasteiger partial charge in [0.1, 0.15) is 0 Å².